The number of nitrogens with zero attached hydrogens (tertiary/aromatic N) is 2. The summed E-state index contributed by atoms with van der Waals surface area (Å²) in [4.78, 5) is 29.7. The first-order chi connectivity index (χ1) is 21.6. The molecule has 2 amide bonds. The van der Waals surface area contributed by atoms with E-state index in [4.69, 9.17) is 16.3 Å². The van der Waals surface area contributed by atoms with Crippen molar-refractivity contribution in [3.63, 3.8) is 0 Å². The van der Waals surface area contributed by atoms with Crippen LogP contribution in [-0.4, -0.2) is 56.6 Å². The molecule has 3 aromatic rings. The predicted molar refractivity (Wildman–Crippen MR) is 180 cm³/mol. The second-order valence-electron chi connectivity index (χ2n) is 11.6. The molecule has 1 fully saturated rings. The zero-order valence-electron chi connectivity index (χ0n) is 26.2. The van der Waals surface area contributed by atoms with Crippen molar-refractivity contribution in [2.75, 3.05) is 23.7 Å². The van der Waals surface area contributed by atoms with Crippen molar-refractivity contribution in [1.82, 2.24) is 10.2 Å². The van der Waals surface area contributed by atoms with E-state index in [2.05, 4.69) is 5.32 Å². The monoisotopic (exact) mass is 653 g/mol. The fourth-order valence-electron chi connectivity index (χ4n) is 5.76. The van der Waals surface area contributed by atoms with E-state index in [9.17, 15) is 18.0 Å². The molecule has 0 spiro atoms. The summed E-state index contributed by atoms with van der Waals surface area (Å²) in [7, 11) is -3.61. The summed E-state index contributed by atoms with van der Waals surface area (Å²) in [6, 6.07) is 23.2. The number of hydrogen-bond donors (Lipinski definition) is 1. The third-order valence-electron chi connectivity index (χ3n) is 8.08. The molecular weight excluding hydrogens is 610 g/mol. The van der Waals surface area contributed by atoms with Crippen LogP contribution in [-0.2, 0) is 32.6 Å². The molecule has 0 saturated heterocycles. The number of nitrogens with one attached hydrogen (secondary N) is 1. The van der Waals surface area contributed by atoms with Crippen molar-refractivity contribution >= 4 is 39.1 Å². The van der Waals surface area contributed by atoms with Crippen molar-refractivity contribution in [1.29, 1.82) is 0 Å². The smallest absolute Gasteiger partial charge is 0.243 e. The zero-order chi connectivity index (χ0) is 32.2. The predicted octanol–water partition coefficient (Wildman–Crippen LogP) is 6.37. The number of halogens is 1. The highest BCUT2D eigenvalue weighted by Gasteiger charge is 2.32. The van der Waals surface area contributed by atoms with Gasteiger partial charge in [0.2, 0.25) is 21.8 Å². The van der Waals surface area contributed by atoms with Crippen LogP contribution in [0.25, 0.3) is 0 Å². The molecule has 10 heteroatoms. The quantitative estimate of drug-likeness (QED) is 0.206. The van der Waals surface area contributed by atoms with Crippen LogP contribution in [0.15, 0.2) is 78.9 Å². The highest BCUT2D eigenvalue weighted by Crippen LogP contribution is 2.24. The van der Waals surface area contributed by atoms with E-state index in [1.807, 2.05) is 49.4 Å². The van der Waals surface area contributed by atoms with Gasteiger partial charge in [-0.3, -0.25) is 13.9 Å². The molecular formula is C35H44ClN3O5S. The molecule has 0 heterocycles. The van der Waals surface area contributed by atoms with E-state index in [-0.39, 0.29) is 43.8 Å². The lowest BCUT2D eigenvalue weighted by molar-refractivity contribution is -0.141. The SMILES string of the molecule is CCOc1ccc(N(CCCC(=O)N(Cc2ccc(Cl)cc2)C(Cc2ccccc2)C(=O)NC2CCCCC2)S(C)(=O)=O)cc1. The fraction of sp³-hybridized carbons (Fsp3) is 0.429. The summed E-state index contributed by atoms with van der Waals surface area (Å²) in [5, 5.41) is 3.83. The molecule has 0 bridgehead atoms. The van der Waals surface area contributed by atoms with Crippen molar-refractivity contribution in [3.8, 4) is 5.75 Å². The Labute approximate surface area is 272 Å². The van der Waals surface area contributed by atoms with Gasteiger partial charge in [-0.15, -0.1) is 0 Å². The summed E-state index contributed by atoms with van der Waals surface area (Å²) in [6.45, 7) is 2.73. The summed E-state index contributed by atoms with van der Waals surface area (Å²) in [5.41, 5.74) is 2.30. The zero-order valence-corrected chi connectivity index (χ0v) is 27.7. The summed E-state index contributed by atoms with van der Waals surface area (Å²) in [5.74, 6) is 0.267. The van der Waals surface area contributed by atoms with Gasteiger partial charge in [0.1, 0.15) is 11.8 Å². The number of sulfonamides is 1. The highest BCUT2D eigenvalue weighted by molar-refractivity contribution is 7.92. The molecule has 3 aromatic carbocycles. The van der Waals surface area contributed by atoms with E-state index in [1.54, 1.807) is 41.3 Å². The lowest BCUT2D eigenvalue weighted by Gasteiger charge is -2.34. The number of ether oxygens (including phenoxy) is 1. The van der Waals surface area contributed by atoms with Gasteiger partial charge in [0.15, 0.2) is 0 Å². The number of benzene rings is 3. The van der Waals surface area contributed by atoms with Gasteiger partial charge in [-0.1, -0.05) is 73.3 Å². The Morgan fingerprint density at radius 3 is 2.22 bits per heavy atom. The first-order valence-corrected chi connectivity index (χ1v) is 18.0. The van der Waals surface area contributed by atoms with Gasteiger partial charge in [0, 0.05) is 37.0 Å². The van der Waals surface area contributed by atoms with Gasteiger partial charge >= 0.3 is 0 Å². The number of anilines is 1. The second kappa shape index (κ2) is 16.7. The van der Waals surface area contributed by atoms with E-state index in [1.165, 1.54) is 10.7 Å². The highest BCUT2D eigenvalue weighted by atomic mass is 35.5. The van der Waals surface area contributed by atoms with E-state index in [0.29, 0.717) is 29.5 Å². The topological polar surface area (TPSA) is 96.0 Å². The van der Waals surface area contributed by atoms with Gasteiger partial charge in [-0.2, -0.15) is 0 Å². The van der Waals surface area contributed by atoms with E-state index >= 15 is 0 Å². The maximum Gasteiger partial charge on any atom is 0.243 e. The maximum atomic E-state index is 14.1. The Bertz CT molecular complexity index is 1480. The first kappa shape index (κ1) is 34.3. The van der Waals surface area contributed by atoms with Gasteiger partial charge < -0.3 is 15.0 Å². The van der Waals surface area contributed by atoms with Crippen molar-refractivity contribution < 1.29 is 22.7 Å². The van der Waals surface area contributed by atoms with Crippen LogP contribution in [0.2, 0.25) is 5.02 Å². The second-order valence-corrected chi connectivity index (χ2v) is 13.9. The lowest BCUT2D eigenvalue weighted by atomic mass is 9.94. The minimum atomic E-state index is -3.61. The molecule has 1 saturated carbocycles. The van der Waals surface area contributed by atoms with Crippen LogP contribution in [0.4, 0.5) is 5.69 Å². The van der Waals surface area contributed by atoms with E-state index in [0.717, 1.165) is 43.1 Å². The van der Waals surface area contributed by atoms with Crippen LogP contribution >= 0.6 is 11.6 Å². The van der Waals surface area contributed by atoms with Crippen LogP contribution in [0.1, 0.15) is 63.0 Å². The van der Waals surface area contributed by atoms with Crippen molar-refractivity contribution in [3.05, 3.63) is 95.0 Å². The molecule has 1 unspecified atom stereocenters. The van der Waals surface area contributed by atoms with Crippen LogP contribution in [0.3, 0.4) is 0 Å². The third-order valence-corrected chi connectivity index (χ3v) is 9.52. The minimum absolute atomic E-state index is 0.0681. The number of rotatable bonds is 15. The fourth-order valence-corrected chi connectivity index (χ4v) is 6.86. The Morgan fingerprint density at radius 2 is 1.60 bits per heavy atom. The average molecular weight is 654 g/mol. The molecule has 4 rings (SSSR count). The average Bonchev–Trinajstić information content (AvgIpc) is 3.03. The van der Waals surface area contributed by atoms with Crippen LogP contribution in [0, 0.1) is 0 Å². The van der Waals surface area contributed by atoms with E-state index < -0.39 is 16.1 Å². The third kappa shape index (κ3) is 10.5. The van der Waals surface area contributed by atoms with Gasteiger partial charge in [-0.25, -0.2) is 8.42 Å². The Hall–Kier alpha value is -3.56. The largest absolute Gasteiger partial charge is 0.494 e. The molecule has 242 valence electrons. The molecule has 8 nitrogen and oxygen atoms in total. The maximum absolute atomic E-state index is 14.1. The Kier molecular flexibility index (Phi) is 12.7. The summed E-state index contributed by atoms with van der Waals surface area (Å²) in [6.07, 6.45) is 7.05. The van der Waals surface area contributed by atoms with Crippen molar-refractivity contribution in [2.45, 2.75) is 76.9 Å². The molecule has 1 aliphatic carbocycles. The number of carbonyl (C=O) groups excluding carboxylic acids is 2. The van der Waals surface area contributed by atoms with Gasteiger partial charge in [0.05, 0.1) is 18.6 Å². The first-order valence-electron chi connectivity index (χ1n) is 15.7. The standard InChI is InChI=1S/C35H44ClN3O5S/c1-3-44-32-22-20-31(21-23-32)39(45(2,42)43)24-10-15-34(40)38(26-28-16-18-29(36)19-17-28)33(25-27-11-6-4-7-12-27)35(41)37-30-13-8-5-9-14-30/h4,6-7,11-12,16-23,30,33H,3,5,8-10,13-15,24-26H2,1-2H3,(H,37,41). The molecule has 45 heavy (non-hydrogen) atoms. The molecule has 1 atom stereocenters. The number of amides is 2. The summed E-state index contributed by atoms with van der Waals surface area (Å²) >= 11 is 6.14. The molecule has 1 N–H and O–H groups in total. The van der Waals surface area contributed by atoms with Crippen molar-refractivity contribution in [2.24, 2.45) is 0 Å². The normalized spacial score (nSPS) is 14.4. The van der Waals surface area contributed by atoms with Gasteiger partial charge in [-0.05, 0) is 73.7 Å². The number of hydrogen-bond acceptors (Lipinski definition) is 5. The summed E-state index contributed by atoms with van der Waals surface area (Å²) < 4.78 is 32.3. The molecule has 0 aromatic heterocycles. The van der Waals surface area contributed by atoms with Crippen LogP contribution < -0.4 is 14.4 Å². The Morgan fingerprint density at radius 1 is 0.933 bits per heavy atom. The minimum Gasteiger partial charge on any atom is -0.494 e. The molecule has 0 radical (unpaired) electrons. The number of carbonyl (C=O) groups is 2. The molecule has 0 aliphatic heterocycles. The molecule has 1 aliphatic rings. The lowest BCUT2D eigenvalue weighted by Crippen LogP contribution is -2.52. The Balaban J connectivity index is 1.56. The van der Waals surface area contributed by atoms with Gasteiger partial charge in [0.25, 0.3) is 0 Å². The van der Waals surface area contributed by atoms with Crippen LogP contribution in [0.5, 0.6) is 5.75 Å².